The lowest BCUT2D eigenvalue weighted by Crippen LogP contribution is -2.51. The number of aryl methyl sites for hydroxylation is 1. The van der Waals surface area contributed by atoms with Gasteiger partial charge in [0.2, 0.25) is 0 Å². The fourth-order valence-electron chi connectivity index (χ4n) is 3.97. The quantitative estimate of drug-likeness (QED) is 0.685. The van der Waals surface area contributed by atoms with Crippen molar-refractivity contribution in [3.63, 3.8) is 0 Å². The first kappa shape index (κ1) is 20.4. The number of benzene rings is 3. The average molecular weight is 405 g/mol. The lowest BCUT2D eigenvalue weighted by Gasteiger charge is -2.35. The van der Waals surface area contributed by atoms with Crippen LogP contribution in [0.2, 0.25) is 0 Å². The molecule has 30 heavy (non-hydrogen) atoms. The van der Waals surface area contributed by atoms with Crippen LogP contribution < -0.4 is 4.74 Å². The maximum atomic E-state index is 13.1. The van der Waals surface area contributed by atoms with E-state index in [1.54, 1.807) is 0 Å². The number of rotatable bonds is 6. The van der Waals surface area contributed by atoms with Gasteiger partial charge in [-0.2, -0.15) is 0 Å². The minimum atomic E-state index is -0.565. The summed E-state index contributed by atoms with van der Waals surface area (Å²) >= 11 is 0. The van der Waals surface area contributed by atoms with Crippen LogP contribution in [0.15, 0.2) is 66.7 Å². The molecule has 3 aromatic rings. The van der Waals surface area contributed by atoms with Crippen LogP contribution in [0.3, 0.4) is 0 Å². The number of amides is 1. The van der Waals surface area contributed by atoms with Crippen LogP contribution in [-0.4, -0.2) is 66.2 Å². The number of β-amino-alcohol motifs (C(OH)–C–C–N with tert-alkyl or cyclic N) is 1. The predicted octanol–water partition coefficient (Wildman–Crippen LogP) is 3.35. The zero-order valence-corrected chi connectivity index (χ0v) is 17.3. The van der Waals surface area contributed by atoms with Crippen LogP contribution >= 0.6 is 0 Å². The van der Waals surface area contributed by atoms with Gasteiger partial charge in [-0.3, -0.25) is 9.69 Å². The number of hydrogen-bond donors (Lipinski definition) is 1. The maximum absolute atomic E-state index is 13.1. The van der Waals surface area contributed by atoms with Gasteiger partial charge in [-0.05, 0) is 35.4 Å². The predicted molar refractivity (Wildman–Crippen MR) is 119 cm³/mol. The van der Waals surface area contributed by atoms with E-state index in [-0.39, 0.29) is 12.5 Å². The highest BCUT2D eigenvalue weighted by atomic mass is 16.5. The van der Waals surface area contributed by atoms with Crippen LogP contribution in [0.25, 0.3) is 10.8 Å². The molecule has 0 aromatic heterocycles. The molecule has 156 valence electrons. The number of para-hydroxylation sites is 1. The second-order valence-electron chi connectivity index (χ2n) is 7.85. The molecule has 0 aliphatic carbocycles. The van der Waals surface area contributed by atoms with Crippen LogP contribution in [-0.2, 0) is 0 Å². The zero-order chi connectivity index (χ0) is 20.9. The van der Waals surface area contributed by atoms with Gasteiger partial charge in [-0.15, -0.1) is 0 Å². The Kier molecular flexibility index (Phi) is 6.31. The van der Waals surface area contributed by atoms with Crippen LogP contribution in [0.5, 0.6) is 5.75 Å². The number of piperazine rings is 1. The second kappa shape index (κ2) is 9.28. The molecule has 1 heterocycles. The topological polar surface area (TPSA) is 53.0 Å². The third kappa shape index (κ3) is 4.64. The summed E-state index contributed by atoms with van der Waals surface area (Å²) in [6, 6.07) is 21.7. The van der Waals surface area contributed by atoms with Crippen molar-refractivity contribution in [3.05, 3.63) is 77.9 Å². The van der Waals surface area contributed by atoms with Crippen molar-refractivity contribution in [1.82, 2.24) is 9.80 Å². The molecule has 0 unspecified atom stereocenters. The Morgan fingerprint density at radius 2 is 1.67 bits per heavy atom. The van der Waals surface area contributed by atoms with Gasteiger partial charge in [0.05, 0.1) is 0 Å². The molecule has 1 fully saturated rings. The Balaban J connectivity index is 1.29. The summed E-state index contributed by atoms with van der Waals surface area (Å²) in [5, 5.41) is 12.5. The molecule has 3 aromatic carbocycles. The molecule has 1 aliphatic rings. The number of ether oxygens (including phenoxy) is 1. The normalized spacial score (nSPS) is 15.9. The lowest BCUT2D eigenvalue weighted by atomic mass is 10.0. The maximum Gasteiger partial charge on any atom is 0.254 e. The first-order valence-corrected chi connectivity index (χ1v) is 10.5. The Morgan fingerprint density at radius 3 is 2.47 bits per heavy atom. The van der Waals surface area contributed by atoms with Crippen LogP contribution in [0, 0.1) is 6.92 Å². The zero-order valence-electron chi connectivity index (χ0n) is 17.3. The molecule has 0 radical (unpaired) electrons. The van der Waals surface area contributed by atoms with E-state index in [4.69, 9.17) is 4.74 Å². The number of carbonyl (C=O) groups excluding carboxylic acids is 1. The van der Waals surface area contributed by atoms with Crippen molar-refractivity contribution in [1.29, 1.82) is 0 Å². The van der Waals surface area contributed by atoms with Gasteiger partial charge in [0, 0.05) is 38.3 Å². The molecule has 1 atom stereocenters. The highest BCUT2D eigenvalue weighted by molar-refractivity contribution is 6.07. The summed E-state index contributed by atoms with van der Waals surface area (Å²) in [7, 11) is 0. The van der Waals surface area contributed by atoms with Gasteiger partial charge in [0.15, 0.2) is 0 Å². The van der Waals surface area contributed by atoms with E-state index in [0.717, 1.165) is 40.7 Å². The molecular weight excluding hydrogens is 376 g/mol. The molecule has 1 saturated heterocycles. The van der Waals surface area contributed by atoms with Crippen LogP contribution in [0.4, 0.5) is 0 Å². The summed E-state index contributed by atoms with van der Waals surface area (Å²) < 4.78 is 5.76. The molecule has 5 nitrogen and oxygen atoms in total. The highest BCUT2D eigenvalue weighted by Crippen LogP contribution is 2.21. The summed E-state index contributed by atoms with van der Waals surface area (Å²) in [6.45, 7) is 5.62. The van der Waals surface area contributed by atoms with Gasteiger partial charge in [-0.25, -0.2) is 0 Å². The third-order valence-corrected chi connectivity index (χ3v) is 5.67. The summed E-state index contributed by atoms with van der Waals surface area (Å²) in [4.78, 5) is 17.2. The Morgan fingerprint density at radius 1 is 0.967 bits per heavy atom. The summed E-state index contributed by atoms with van der Waals surface area (Å²) in [5.41, 5.74) is 1.82. The summed E-state index contributed by atoms with van der Waals surface area (Å²) in [6.07, 6.45) is -0.565. The van der Waals surface area contributed by atoms with Crippen molar-refractivity contribution in [2.75, 3.05) is 39.3 Å². The molecule has 0 spiro atoms. The lowest BCUT2D eigenvalue weighted by molar-refractivity contribution is 0.0403. The minimum Gasteiger partial charge on any atom is -0.491 e. The number of hydrogen-bond acceptors (Lipinski definition) is 4. The largest absolute Gasteiger partial charge is 0.491 e. The van der Waals surface area contributed by atoms with Crippen molar-refractivity contribution in [2.45, 2.75) is 13.0 Å². The van der Waals surface area contributed by atoms with Crippen molar-refractivity contribution < 1.29 is 14.6 Å². The molecule has 0 saturated carbocycles. The van der Waals surface area contributed by atoms with Gasteiger partial charge in [0.25, 0.3) is 5.91 Å². The van der Waals surface area contributed by atoms with E-state index in [9.17, 15) is 9.90 Å². The number of aliphatic hydroxyl groups is 1. The Bertz CT molecular complexity index is 1010. The molecule has 4 rings (SSSR count). The van der Waals surface area contributed by atoms with Crippen LogP contribution in [0.1, 0.15) is 15.9 Å². The van der Waals surface area contributed by atoms with E-state index < -0.39 is 6.10 Å². The van der Waals surface area contributed by atoms with Gasteiger partial charge < -0.3 is 14.7 Å². The average Bonchev–Trinajstić information content (AvgIpc) is 2.78. The Hall–Kier alpha value is -2.89. The van der Waals surface area contributed by atoms with Crippen molar-refractivity contribution in [3.8, 4) is 5.75 Å². The smallest absolute Gasteiger partial charge is 0.254 e. The molecule has 1 aliphatic heterocycles. The van der Waals surface area contributed by atoms with Gasteiger partial charge in [0.1, 0.15) is 18.5 Å². The standard InChI is InChI=1S/C25H28N2O3/c1-19-7-2-5-12-24(19)30-18-21(28)17-26-13-15-27(16-14-26)25(29)23-11-6-9-20-8-3-4-10-22(20)23/h2-12,21,28H,13-18H2,1H3/t21-/m1/s1. The van der Waals surface area contributed by atoms with Crippen molar-refractivity contribution in [2.24, 2.45) is 0 Å². The number of carbonyl (C=O) groups is 1. The minimum absolute atomic E-state index is 0.0786. The SMILES string of the molecule is Cc1ccccc1OC[C@H](O)CN1CCN(C(=O)c2cccc3ccccc23)CC1. The van der Waals surface area contributed by atoms with E-state index >= 15 is 0 Å². The first-order valence-electron chi connectivity index (χ1n) is 10.5. The first-order chi connectivity index (χ1) is 14.6. The van der Waals surface area contributed by atoms with Gasteiger partial charge >= 0.3 is 0 Å². The van der Waals surface area contributed by atoms with E-state index in [2.05, 4.69) is 4.90 Å². The highest BCUT2D eigenvalue weighted by Gasteiger charge is 2.24. The molecule has 1 N–H and O–H groups in total. The number of aliphatic hydroxyl groups excluding tert-OH is 1. The molecular formula is C25H28N2O3. The van der Waals surface area contributed by atoms with E-state index in [1.165, 1.54) is 0 Å². The summed E-state index contributed by atoms with van der Waals surface area (Å²) in [5.74, 6) is 0.886. The number of fused-ring (bicyclic) bond motifs is 1. The molecule has 0 bridgehead atoms. The second-order valence-corrected chi connectivity index (χ2v) is 7.85. The van der Waals surface area contributed by atoms with E-state index in [0.29, 0.717) is 19.6 Å². The van der Waals surface area contributed by atoms with Crippen molar-refractivity contribution >= 4 is 16.7 Å². The fourth-order valence-corrected chi connectivity index (χ4v) is 3.97. The molecule has 1 amide bonds. The Labute approximate surface area is 177 Å². The fraction of sp³-hybridized carbons (Fsp3) is 0.320. The van der Waals surface area contributed by atoms with Gasteiger partial charge in [-0.1, -0.05) is 54.6 Å². The monoisotopic (exact) mass is 404 g/mol. The third-order valence-electron chi connectivity index (χ3n) is 5.67. The molecule has 5 heteroatoms. The van der Waals surface area contributed by atoms with E-state index in [1.807, 2.05) is 78.6 Å². The number of nitrogens with zero attached hydrogens (tertiary/aromatic N) is 2.